The maximum Gasteiger partial charge on any atom is 0.549 e. The lowest BCUT2D eigenvalue weighted by atomic mass is 9.71. The summed E-state index contributed by atoms with van der Waals surface area (Å²) >= 11 is 0.913. The first-order valence-electron chi connectivity index (χ1n) is 13.5. The minimum Gasteiger partial charge on any atom is -0.534 e. The number of urea groups is 1. The number of rotatable bonds is 8. The second kappa shape index (κ2) is 13.2. The fraction of sp³-hybridized carbons (Fsp3) is 0.462. The number of hydrogen-bond acceptors (Lipinski definition) is 11. The van der Waals surface area contributed by atoms with E-state index in [9.17, 15) is 24.3 Å². The van der Waals surface area contributed by atoms with E-state index in [1.54, 1.807) is 19.1 Å². The average molecular weight is 599 g/mol. The van der Waals surface area contributed by atoms with Crippen LogP contribution in [-0.4, -0.2) is 87.9 Å². The van der Waals surface area contributed by atoms with E-state index in [1.165, 1.54) is 30.9 Å². The van der Waals surface area contributed by atoms with Gasteiger partial charge >= 0.3 is 30.9 Å². The molecule has 2 fully saturated rings. The number of aromatic nitrogens is 2. The van der Waals surface area contributed by atoms with Crippen LogP contribution in [0.5, 0.6) is 5.75 Å². The summed E-state index contributed by atoms with van der Waals surface area (Å²) in [4.78, 5) is 55.9. The van der Waals surface area contributed by atoms with Crippen molar-refractivity contribution in [1.82, 2.24) is 29.8 Å². The van der Waals surface area contributed by atoms with Gasteiger partial charge in [-0.3, -0.25) is 14.5 Å². The maximum absolute atomic E-state index is 13.1. The van der Waals surface area contributed by atoms with E-state index in [0.29, 0.717) is 18.5 Å². The zero-order valence-electron chi connectivity index (χ0n) is 23.7. The van der Waals surface area contributed by atoms with Gasteiger partial charge in [-0.2, -0.15) is 4.37 Å². The number of nitrogens with zero attached hydrogens (tertiary/aromatic N) is 4. The molecule has 5 rings (SSSR count). The Morgan fingerprint density at radius 1 is 1.31 bits per heavy atom. The lowest BCUT2D eigenvalue weighted by Gasteiger charge is -2.34. The molecule has 4 amide bonds. The highest BCUT2D eigenvalue weighted by Crippen LogP contribution is 2.32. The Morgan fingerprint density at radius 2 is 2.02 bits per heavy atom. The second-order valence-corrected chi connectivity index (χ2v) is 11.0. The molecule has 1 saturated carbocycles. The van der Waals surface area contributed by atoms with Gasteiger partial charge in [0.25, 0.3) is 0 Å². The molecule has 2 aliphatic heterocycles. The lowest BCUT2D eigenvalue weighted by Crippen LogP contribution is -2.59. The number of carbonyl (C=O) groups is 4. The van der Waals surface area contributed by atoms with E-state index in [1.807, 2.05) is 0 Å². The summed E-state index contributed by atoms with van der Waals surface area (Å²) < 4.78 is 15.5. The molecule has 2 atom stereocenters. The SMILES string of the molecule is C=C(NC1Cc2cccc(C(=O)O)c2OB1OC)C(NC(=O)N1CCN(CC)C(=O)C1=O)c1nsc(N)n1.CC1CC1. The summed E-state index contributed by atoms with van der Waals surface area (Å²) in [5.74, 6) is -1.96. The highest BCUT2D eigenvalue weighted by atomic mass is 32.1. The smallest absolute Gasteiger partial charge is 0.534 e. The van der Waals surface area contributed by atoms with Crippen molar-refractivity contribution >= 4 is 47.6 Å². The highest BCUT2D eigenvalue weighted by molar-refractivity contribution is 7.09. The van der Waals surface area contributed by atoms with Crippen molar-refractivity contribution in [2.75, 3.05) is 32.5 Å². The number of aromatic carboxylic acids is 1. The standard InChI is InChI=1S/C22H26BN7O7S.C4H8/c1-4-29-8-9-30(19(32)18(29)31)22(35)26-15(17-27-21(24)38-28-17)11(2)25-14-10-12-6-5-7-13(20(33)34)16(12)37-23(14)36-3;1-4-2-3-4/h5-7,14-15,25H,2,4,8-10H2,1,3H3,(H,26,35)(H,33,34)(H2,24,27,28);4H,2-3H2,1H3. The van der Waals surface area contributed by atoms with Gasteiger partial charge < -0.3 is 35.7 Å². The number of carboxylic acids is 1. The van der Waals surface area contributed by atoms with Crippen LogP contribution >= 0.6 is 11.5 Å². The summed E-state index contributed by atoms with van der Waals surface area (Å²) in [6.07, 6.45) is 3.28. The molecule has 3 aliphatic rings. The van der Waals surface area contributed by atoms with Crippen LogP contribution < -0.4 is 21.0 Å². The fourth-order valence-electron chi connectivity index (χ4n) is 4.45. The number of nitrogens with one attached hydrogen (secondary N) is 2. The normalized spacial score (nSPS) is 18.7. The number of para-hydroxylation sites is 1. The van der Waals surface area contributed by atoms with Gasteiger partial charge in [-0.1, -0.05) is 38.5 Å². The first kappa shape index (κ1) is 30.8. The highest BCUT2D eigenvalue weighted by Gasteiger charge is 2.41. The predicted molar refractivity (Wildman–Crippen MR) is 155 cm³/mol. The number of carboxylic acid groups (broad SMARTS) is 1. The van der Waals surface area contributed by atoms with Gasteiger partial charge in [0, 0.05) is 44.0 Å². The molecule has 5 N–H and O–H groups in total. The molecular weight excluding hydrogens is 565 g/mol. The Bertz CT molecular complexity index is 1370. The quantitative estimate of drug-likeness (QED) is 0.254. The van der Waals surface area contributed by atoms with Gasteiger partial charge in [-0.25, -0.2) is 14.6 Å². The molecule has 224 valence electrons. The first-order chi connectivity index (χ1) is 20.0. The molecule has 42 heavy (non-hydrogen) atoms. The van der Waals surface area contributed by atoms with Crippen molar-refractivity contribution in [2.24, 2.45) is 5.92 Å². The number of carbonyl (C=O) groups excluding carboxylic acids is 3. The summed E-state index contributed by atoms with van der Waals surface area (Å²) in [7, 11) is 0.516. The third-order valence-electron chi connectivity index (χ3n) is 7.07. The molecule has 2 aromatic rings. The zero-order valence-corrected chi connectivity index (χ0v) is 24.5. The zero-order chi connectivity index (χ0) is 30.6. The number of nitrogen functional groups attached to an aromatic ring is 1. The van der Waals surface area contributed by atoms with Gasteiger partial charge in [-0.05, 0) is 30.9 Å². The van der Waals surface area contributed by atoms with E-state index in [0.717, 1.165) is 22.4 Å². The molecule has 0 spiro atoms. The summed E-state index contributed by atoms with van der Waals surface area (Å²) in [5.41, 5.74) is 6.64. The number of piperazine rings is 1. The largest absolute Gasteiger partial charge is 0.549 e. The number of imide groups is 1. The fourth-order valence-corrected chi connectivity index (χ4v) is 4.92. The summed E-state index contributed by atoms with van der Waals surface area (Å²) in [5, 5.41) is 15.5. The van der Waals surface area contributed by atoms with E-state index in [2.05, 4.69) is 33.5 Å². The van der Waals surface area contributed by atoms with E-state index in [4.69, 9.17) is 15.0 Å². The number of amides is 4. The van der Waals surface area contributed by atoms with Gasteiger partial charge in [0.05, 0.1) is 11.5 Å². The van der Waals surface area contributed by atoms with Crippen molar-refractivity contribution in [1.29, 1.82) is 0 Å². The van der Waals surface area contributed by atoms with Crippen LogP contribution in [0.2, 0.25) is 0 Å². The molecule has 0 radical (unpaired) electrons. The van der Waals surface area contributed by atoms with E-state index >= 15 is 0 Å². The topological polar surface area (TPSA) is 189 Å². The summed E-state index contributed by atoms with van der Waals surface area (Å²) in [6, 6.07) is 2.95. The number of hydrogen-bond donors (Lipinski definition) is 4. The van der Waals surface area contributed by atoms with Crippen LogP contribution in [0.15, 0.2) is 30.5 Å². The molecular formula is C26H34BN7O7S. The van der Waals surface area contributed by atoms with Crippen molar-refractivity contribution < 1.29 is 33.6 Å². The Kier molecular flexibility index (Phi) is 9.68. The molecule has 1 aromatic carbocycles. The average Bonchev–Trinajstić information content (AvgIpc) is 3.64. The Hall–Kier alpha value is -4.18. The van der Waals surface area contributed by atoms with E-state index in [-0.39, 0.29) is 41.1 Å². The van der Waals surface area contributed by atoms with Crippen LogP contribution in [0.25, 0.3) is 0 Å². The first-order valence-corrected chi connectivity index (χ1v) is 14.3. The molecule has 0 bridgehead atoms. The Labute approximate surface area is 247 Å². The molecule has 16 heteroatoms. The van der Waals surface area contributed by atoms with Crippen LogP contribution in [-0.2, 0) is 20.7 Å². The van der Waals surface area contributed by atoms with Crippen molar-refractivity contribution in [2.45, 2.75) is 45.1 Å². The molecule has 3 heterocycles. The van der Waals surface area contributed by atoms with Crippen molar-refractivity contribution in [3.63, 3.8) is 0 Å². The number of benzene rings is 1. The Morgan fingerprint density at radius 3 is 2.60 bits per heavy atom. The number of fused-ring (bicyclic) bond motifs is 1. The molecule has 2 unspecified atom stereocenters. The molecule has 1 aliphatic carbocycles. The second-order valence-electron chi connectivity index (χ2n) is 10.2. The van der Waals surface area contributed by atoms with Crippen LogP contribution in [0, 0.1) is 5.92 Å². The lowest BCUT2D eigenvalue weighted by molar-refractivity contribution is -0.153. The van der Waals surface area contributed by atoms with Crippen molar-refractivity contribution in [3.8, 4) is 5.75 Å². The van der Waals surface area contributed by atoms with E-state index < -0.39 is 42.9 Å². The number of likely N-dealkylation sites (N-methyl/N-ethyl adjacent to an activating group) is 1. The minimum atomic E-state index is -1.13. The van der Waals surface area contributed by atoms with Crippen LogP contribution in [0.1, 0.15) is 54.5 Å². The Balaban J connectivity index is 0.000000932. The van der Waals surface area contributed by atoms with Crippen LogP contribution in [0.3, 0.4) is 0 Å². The minimum absolute atomic E-state index is 0.0106. The molecule has 1 aromatic heterocycles. The number of nitrogens with two attached hydrogens (primary N) is 1. The summed E-state index contributed by atoms with van der Waals surface area (Å²) in [6.45, 7) is 8.65. The molecule has 14 nitrogen and oxygen atoms in total. The molecule has 1 saturated heterocycles. The third kappa shape index (κ3) is 6.99. The van der Waals surface area contributed by atoms with Gasteiger partial charge in [0.2, 0.25) is 0 Å². The maximum atomic E-state index is 13.1. The number of anilines is 1. The monoisotopic (exact) mass is 599 g/mol. The van der Waals surface area contributed by atoms with Gasteiger partial charge in [0.1, 0.15) is 11.8 Å². The van der Waals surface area contributed by atoms with Crippen molar-refractivity contribution in [3.05, 3.63) is 47.4 Å². The van der Waals surface area contributed by atoms with Gasteiger partial charge in [0.15, 0.2) is 11.0 Å². The third-order valence-corrected chi connectivity index (χ3v) is 7.62. The van der Waals surface area contributed by atoms with Crippen LogP contribution in [0.4, 0.5) is 9.93 Å². The predicted octanol–water partition coefficient (Wildman–Crippen LogP) is 1.46. The van der Waals surface area contributed by atoms with Gasteiger partial charge in [-0.15, -0.1) is 0 Å².